The first-order chi connectivity index (χ1) is 17.0. The van der Waals surface area contributed by atoms with Crippen LogP contribution in [0.5, 0.6) is 0 Å². The molecule has 7 nitrogen and oxygen atoms in total. The Labute approximate surface area is 205 Å². The lowest BCUT2D eigenvalue weighted by Crippen LogP contribution is -2.47. The molecule has 0 unspecified atom stereocenters. The summed E-state index contributed by atoms with van der Waals surface area (Å²) < 4.78 is 27.2. The number of piperazine rings is 1. The number of benzene rings is 3. The Morgan fingerprint density at radius 2 is 1.46 bits per heavy atom. The van der Waals surface area contributed by atoms with E-state index in [1.54, 1.807) is 18.2 Å². The topological polar surface area (TPSA) is 90.2 Å². The van der Waals surface area contributed by atoms with Crippen molar-refractivity contribution in [2.24, 2.45) is 0 Å². The van der Waals surface area contributed by atoms with Crippen LogP contribution in [-0.2, 0) is 9.84 Å². The number of rotatable bonds is 5. The van der Waals surface area contributed by atoms with Crippen molar-refractivity contribution in [2.75, 3.05) is 36.0 Å². The standard InChI is InChI=1S/C27H25N5O2S/c1-20-8-7-11-22(18-20)35(33,34)25(19-28)26-27(30-24-13-6-5-12-23(24)29-26)32-16-14-31(15-17-32)21-9-3-2-4-10-21/h2-13,18,25H,14-17H2,1H3/t25-/m0/s1. The van der Waals surface area contributed by atoms with Crippen molar-refractivity contribution in [3.05, 3.63) is 90.1 Å². The summed E-state index contributed by atoms with van der Waals surface area (Å²) in [5.74, 6) is 0.458. The van der Waals surface area contributed by atoms with Gasteiger partial charge in [0.1, 0.15) is 5.69 Å². The first-order valence-corrected chi connectivity index (χ1v) is 13.0. The summed E-state index contributed by atoms with van der Waals surface area (Å²) in [6.07, 6.45) is 0. The molecule has 0 radical (unpaired) electrons. The molecule has 1 aliphatic heterocycles. The van der Waals surface area contributed by atoms with Gasteiger partial charge in [-0.25, -0.2) is 18.4 Å². The summed E-state index contributed by atoms with van der Waals surface area (Å²) >= 11 is 0. The van der Waals surface area contributed by atoms with E-state index in [2.05, 4.69) is 17.0 Å². The van der Waals surface area contributed by atoms with Crippen LogP contribution in [0.2, 0.25) is 0 Å². The van der Waals surface area contributed by atoms with Crippen molar-refractivity contribution < 1.29 is 8.42 Å². The minimum atomic E-state index is -4.01. The van der Waals surface area contributed by atoms with Crippen molar-refractivity contribution in [1.82, 2.24) is 9.97 Å². The van der Waals surface area contributed by atoms with E-state index in [4.69, 9.17) is 9.97 Å². The lowest BCUT2D eigenvalue weighted by molar-refractivity contribution is 0.589. The molecule has 176 valence electrons. The molecule has 1 aromatic heterocycles. The minimum absolute atomic E-state index is 0.110. The molecule has 0 amide bonds. The Morgan fingerprint density at radius 1 is 0.829 bits per heavy atom. The molecule has 0 spiro atoms. The van der Waals surface area contributed by atoms with Crippen LogP contribution in [0.3, 0.4) is 0 Å². The fourth-order valence-electron chi connectivity index (χ4n) is 4.43. The van der Waals surface area contributed by atoms with Gasteiger partial charge in [-0.2, -0.15) is 5.26 Å². The number of aryl methyl sites for hydroxylation is 1. The zero-order valence-corrected chi connectivity index (χ0v) is 20.2. The SMILES string of the molecule is Cc1cccc(S(=O)(=O)[C@@H](C#N)c2nc3ccccc3nc2N2CCN(c3ccccc3)CC2)c1. The number of anilines is 2. The summed E-state index contributed by atoms with van der Waals surface area (Å²) in [6, 6.07) is 26.2. The fourth-order valence-corrected chi connectivity index (χ4v) is 5.92. The molecule has 0 saturated carbocycles. The van der Waals surface area contributed by atoms with Gasteiger partial charge in [0.15, 0.2) is 11.1 Å². The molecule has 1 aliphatic rings. The summed E-state index contributed by atoms with van der Waals surface area (Å²) in [4.78, 5) is 14.0. The number of hydrogen-bond acceptors (Lipinski definition) is 7. The smallest absolute Gasteiger partial charge is 0.200 e. The Hall–Kier alpha value is -3.96. The zero-order valence-electron chi connectivity index (χ0n) is 19.4. The van der Waals surface area contributed by atoms with Crippen molar-refractivity contribution in [3.8, 4) is 6.07 Å². The number of aromatic nitrogens is 2. The summed E-state index contributed by atoms with van der Waals surface area (Å²) in [6.45, 7) is 4.60. The lowest BCUT2D eigenvalue weighted by atomic mass is 10.2. The molecular weight excluding hydrogens is 458 g/mol. The first-order valence-electron chi connectivity index (χ1n) is 11.5. The fraction of sp³-hybridized carbons (Fsp3) is 0.222. The van der Waals surface area contributed by atoms with Crippen LogP contribution in [0.4, 0.5) is 11.5 Å². The number of para-hydroxylation sites is 3. The molecule has 1 fully saturated rings. The third-order valence-corrected chi connectivity index (χ3v) is 8.13. The van der Waals surface area contributed by atoms with Gasteiger partial charge < -0.3 is 9.80 Å². The third-order valence-electron chi connectivity index (χ3n) is 6.27. The number of sulfone groups is 1. The van der Waals surface area contributed by atoms with Crippen molar-refractivity contribution in [1.29, 1.82) is 5.26 Å². The molecule has 1 saturated heterocycles. The maximum absolute atomic E-state index is 13.6. The van der Waals surface area contributed by atoms with Gasteiger partial charge in [0.2, 0.25) is 9.84 Å². The molecule has 1 atom stereocenters. The second-order valence-electron chi connectivity index (χ2n) is 8.60. The third kappa shape index (κ3) is 4.43. The van der Waals surface area contributed by atoms with Gasteiger partial charge >= 0.3 is 0 Å². The molecule has 0 bridgehead atoms. The van der Waals surface area contributed by atoms with E-state index in [1.165, 1.54) is 6.07 Å². The molecular formula is C27H25N5O2S. The van der Waals surface area contributed by atoms with Crippen molar-refractivity contribution >= 4 is 32.4 Å². The monoisotopic (exact) mass is 483 g/mol. The number of hydrogen-bond donors (Lipinski definition) is 0. The predicted molar refractivity (Wildman–Crippen MR) is 137 cm³/mol. The highest BCUT2D eigenvalue weighted by Crippen LogP contribution is 2.34. The Morgan fingerprint density at radius 3 is 2.11 bits per heavy atom. The quantitative estimate of drug-likeness (QED) is 0.418. The Bertz CT molecular complexity index is 1510. The maximum Gasteiger partial charge on any atom is 0.200 e. The van der Waals surface area contributed by atoms with Crippen LogP contribution >= 0.6 is 0 Å². The highest BCUT2D eigenvalue weighted by atomic mass is 32.2. The van der Waals surface area contributed by atoms with Gasteiger partial charge in [0.05, 0.1) is 22.0 Å². The highest BCUT2D eigenvalue weighted by Gasteiger charge is 2.35. The lowest BCUT2D eigenvalue weighted by Gasteiger charge is -2.37. The summed E-state index contributed by atoms with van der Waals surface area (Å²) in [5, 5.41) is 8.64. The van der Waals surface area contributed by atoms with E-state index in [9.17, 15) is 13.7 Å². The van der Waals surface area contributed by atoms with Gasteiger partial charge in [-0.05, 0) is 48.9 Å². The van der Waals surface area contributed by atoms with Crippen molar-refractivity contribution in [2.45, 2.75) is 17.1 Å². The first kappa shape index (κ1) is 22.8. The van der Waals surface area contributed by atoms with Gasteiger partial charge in [-0.1, -0.05) is 42.5 Å². The molecule has 0 aliphatic carbocycles. The normalized spacial score (nSPS) is 15.1. The molecule has 8 heteroatoms. The Kier molecular flexibility index (Phi) is 6.10. The molecule has 5 rings (SSSR count). The van der Waals surface area contributed by atoms with Crippen LogP contribution < -0.4 is 9.80 Å². The van der Waals surface area contributed by atoms with Gasteiger partial charge in [0, 0.05) is 31.9 Å². The highest BCUT2D eigenvalue weighted by molar-refractivity contribution is 7.92. The summed E-state index contributed by atoms with van der Waals surface area (Å²) in [7, 11) is -4.01. The summed E-state index contributed by atoms with van der Waals surface area (Å²) in [5.41, 5.74) is 3.37. The largest absolute Gasteiger partial charge is 0.368 e. The van der Waals surface area contributed by atoms with E-state index >= 15 is 0 Å². The zero-order chi connectivity index (χ0) is 24.4. The minimum Gasteiger partial charge on any atom is -0.368 e. The van der Waals surface area contributed by atoms with Crippen LogP contribution in [0.25, 0.3) is 11.0 Å². The number of fused-ring (bicyclic) bond motifs is 1. The van der Waals surface area contributed by atoms with Gasteiger partial charge in [-0.15, -0.1) is 0 Å². The van der Waals surface area contributed by atoms with Crippen LogP contribution in [0, 0.1) is 18.3 Å². The predicted octanol–water partition coefficient (Wildman–Crippen LogP) is 4.30. The van der Waals surface area contributed by atoms with Gasteiger partial charge in [-0.3, -0.25) is 0 Å². The van der Waals surface area contributed by atoms with Crippen LogP contribution in [0.15, 0.2) is 83.8 Å². The number of nitriles is 1. The molecule has 2 heterocycles. The van der Waals surface area contributed by atoms with E-state index in [0.717, 1.165) is 24.3 Å². The second kappa shape index (κ2) is 9.35. The number of nitrogens with zero attached hydrogens (tertiary/aromatic N) is 5. The second-order valence-corrected chi connectivity index (χ2v) is 10.6. The van der Waals surface area contributed by atoms with Crippen molar-refractivity contribution in [3.63, 3.8) is 0 Å². The van der Waals surface area contributed by atoms with Gasteiger partial charge in [0.25, 0.3) is 0 Å². The average molecular weight is 484 g/mol. The maximum atomic E-state index is 13.6. The van der Waals surface area contributed by atoms with Crippen LogP contribution in [-0.4, -0.2) is 44.6 Å². The average Bonchev–Trinajstić information content (AvgIpc) is 2.89. The molecule has 35 heavy (non-hydrogen) atoms. The van der Waals surface area contributed by atoms with E-state index in [-0.39, 0.29) is 10.6 Å². The van der Waals surface area contributed by atoms with E-state index in [0.29, 0.717) is 29.9 Å². The van der Waals surface area contributed by atoms with E-state index < -0.39 is 15.1 Å². The molecule has 4 aromatic rings. The van der Waals surface area contributed by atoms with Crippen LogP contribution in [0.1, 0.15) is 16.5 Å². The Balaban J connectivity index is 1.56. The van der Waals surface area contributed by atoms with E-state index in [1.807, 2.05) is 60.4 Å². The molecule has 0 N–H and O–H groups in total. The molecule has 3 aromatic carbocycles.